The summed E-state index contributed by atoms with van der Waals surface area (Å²) in [6.45, 7) is 3.60. The van der Waals surface area contributed by atoms with Gasteiger partial charge in [-0.05, 0) is 50.8 Å². The summed E-state index contributed by atoms with van der Waals surface area (Å²) >= 11 is 0. The quantitative estimate of drug-likeness (QED) is 0.933. The molecule has 23 heavy (non-hydrogen) atoms. The Balaban J connectivity index is 1.55. The summed E-state index contributed by atoms with van der Waals surface area (Å²) in [6, 6.07) is 2.05. The van der Waals surface area contributed by atoms with Crippen LogP contribution in [0.25, 0.3) is 5.65 Å². The SMILES string of the molecule is CNC(=O)c1cnn2c(C3CCN(CC4CC4)CC3)ccnc12. The number of fused-ring (bicyclic) bond motifs is 1. The van der Waals surface area contributed by atoms with Crippen LogP contribution in [-0.4, -0.2) is 52.1 Å². The van der Waals surface area contributed by atoms with Crippen molar-refractivity contribution in [2.24, 2.45) is 5.92 Å². The molecule has 1 saturated carbocycles. The minimum absolute atomic E-state index is 0.135. The van der Waals surface area contributed by atoms with Gasteiger partial charge >= 0.3 is 0 Å². The van der Waals surface area contributed by atoms with Gasteiger partial charge in [-0.15, -0.1) is 0 Å². The predicted molar refractivity (Wildman–Crippen MR) is 87.5 cm³/mol. The number of amides is 1. The third-order valence-electron chi connectivity index (χ3n) is 5.12. The third kappa shape index (κ3) is 2.83. The zero-order chi connectivity index (χ0) is 15.8. The van der Waals surface area contributed by atoms with Crippen LogP contribution >= 0.6 is 0 Å². The molecule has 1 aliphatic heterocycles. The number of aromatic nitrogens is 3. The number of hydrogen-bond donors (Lipinski definition) is 1. The highest BCUT2D eigenvalue weighted by molar-refractivity contribution is 5.99. The topological polar surface area (TPSA) is 62.5 Å². The molecule has 1 N–H and O–H groups in total. The molecular formula is C17H23N5O. The van der Waals surface area contributed by atoms with Crippen LogP contribution in [0.1, 0.15) is 47.7 Å². The molecule has 0 aromatic carbocycles. The summed E-state index contributed by atoms with van der Waals surface area (Å²) in [4.78, 5) is 18.9. The Hall–Kier alpha value is -1.95. The van der Waals surface area contributed by atoms with Crippen LogP contribution in [0.4, 0.5) is 0 Å². The van der Waals surface area contributed by atoms with Crippen molar-refractivity contribution in [2.45, 2.75) is 31.6 Å². The van der Waals surface area contributed by atoms with Crippen LogP contribution in [0, 0.1) is 5.92 Å². The third-order valence-corrected chi connectivity index (χ3v) is 5.12. The molecule has 0 atom stereocenters. The van der Waals surface area contributed by atoms with Gasteiger partial charge in [-0.1, -0.05) is 0 Å². The van der Waals surface area contributed by atoms with E-state index in [9.17, 15) is 4.79 Å². The molecule has 0 unspecified atom stereocenters. The molecule has 2 fully saturated rings. The normalized spacial score (nSPS) is 20.0. The fourth-order valence-electron chi connectivity index (χ4n) is 3.59. The van der Waals surface area contributed by atoms with Gasteiger partial charge in [0.1, 0.15) is 5.56 Å². The van der Waals surface area contributed by atoms with E-state index in [-0.39, 0.29) is 5.91 Å². The van der Waals surface area contributed by atoms with Gasteiger partial charge < -0.3 is 10.2 Å². The Morgan fingerprint density at radius 1 is 1.30 bits per heavy atom. The highest BCUT2D eigenvalue weighted by Crippen LogP contribution is 2.33. The van der Waals surface area contributed by atoms with Crippen LogP contribution in [-0.2, 0) is 0 Å². The highest BCUT2D eigenvalue weighted by atomic mass is 16.1. The second-order valence-electron chi connectivity index (χ2n) is 6.76. The van der Waals surface area contributed by atoms with Crippen molar-refractivity contribution < 1.29 is 4.79 Å². The molecule has 3 heterocycles. The van der Waals surface area contributed by atoms with Crippen molar-refractivity contribution in [2.75, 3.05) is 26.7 Å². The molecule has 0 bridgehead atoms. The van der Waals surface area contributed by atoms with E-state index in [1.807, 2.05) is 4.52 Å². The van der Waals surface area contributed by atoms with Crippen LogP contribution < -0.4 is 5.32 Å². The fraction of sp³-hybridized carbons (Fsp3) is 0.588. The summed E-state index contributed by atoms with van der Waals surface area (Å²) in [7, 11) is 1.63. The summed E-state index contributed by atoms with van der Waals surface area (Å²) in [6.07, 6.45) is 8.56. The molecule has 2 aromatic heterocycles. The summed E-state index contributed by atoms with van der Waals surface area (Å²) in [5.41, 5.74) is 2.37. The lowest BCUT2D eigenvalue weighted by Gasteiger charge is -2.32. The molecule has 122 valence electrons. The Morgan fingerprint density at radius 2 is 2.09 bits per heavy atom. The maximum atomic E-state index is 11.9. The molecule has 1 saturated heterocycles. The molecule has 1 amide bonds. The van der Waals surface area contributed by atoms with Crippen molar-refractivity contribution >= 4 is 11.6 Å². The van der Waals surface area contributed by atoms with E-state index in [0.29, 0.717) is 17.1 Å². The van der Waals surface area contributed by atoms with E-state index in [4.69, 9.17) is 0 Å². The lowest BCUT2D eigenvalue weighted by Crippen LogP contribution is -2.34. The van der Waals surface area contributed by atoms with Gasteiger partial charge in [0.05, 0.1) is 6.20 Å². The van der Waals surface area contributed by atoms with E-state index in [2.05, 4.69) is 26.4 Å². The Labute approximate surface area is 135 Å². The molecule has 0 spiro atoms. The first-order valence-electron chi connectivity index (χ1n) is 8.53. The van der Waals surface area contributed by atoms with Crippen molar-refractivity contribution in [3.63, 3.8) is 0 Å². The van der Waals surface area contributed by atoms with Gasteiger partial charge in [0.15, 0.2) is 5.65 Å². The Morgan fingerprint density at radius 3 is 2.78 bits per heavy atom. The van der Waals surface area contributed by atoms with E-state index in [0.717, 1.165) is 31.8 Å². The van der Waals surface area contributed by atoms with Crippen LogP contribution in [0.5, 0.6) is 0 Å². The summed E-state index contributed by atoms with van der Waals surface area (Å²) in [5, 5.41) is 7.07. The largest absolute Gasteiger partial charge is 0.355 e. The average Bonchev–Trinajstić information content (AvgIpc) is 3.30. The average molecular weight is 313 g/mol. The maximum Gasteiger partial charge on any atom is 0.256 e. The lowest BCUT2D eigenvalue weighted by atomic mass is 9.93. The first-order chi connectivity index (χ1) is 11.3. The number of piperidine rings is 1. The second kappa shape index (κ2) is 5.92. The zero-order valence-electron chi connectivity index (χ0n) is 13.5. The molecule has 4 rings (SSSR count). The standard InChI is InChI=1S/C17H23N5O/c1-18-17(23)14-10-20-22-15(4-7-19-16(14)22)13-5-8-21(9-6-13)11-12-2-3-12/h4,7,10,12-13H,2-3,5-6,8-9,11H2,1H3,(H,18,23). The van der Waals surface area contributed by atoms with Gasteiger partial charge in [0.25, 0.3) is 5.91 Å². The molecule has 6 heteroatoms. The lowest BCUT2D eigenvalue weighted by molar-refractivity contribution is 0.0964. The van der Waals surface area contributed by atoms with E-state index in [1.165, 1.54) is 25.1 Å². The first-order valence-corrected chi connectivity index (χ1v) is 8.53. The number of hydrogen-bond acceptors (Lipinski definition) is 4. The Bertz CT molecular complexity index is 713. The van der Waals surface area contributed by atoms with Gasteiger partial charge in [0.2, 0.25) is 0 Å². The van der Waals surface area contributed by atoms with Crippen LogP contribution in [0.2, 0.25) is 0 Å². The van der Waals surface area contributed by atoms with Crippen molar-refractivity contribution in [3.05, 3.63) is 29.7 Å². The molecule has 0 radical (unpaired) electrons. The monoisotopic (exact) mass is 313 g/mol. The fourth-order valence-corrected chi connectivity index (χ4v) is 3.59. The summed E-state index contributed by atoms with van der Waals surface area (Å²) in [5.74, 6) is 1.32. The van der Waals surface area contributed by atoms with Gasteiger partial charge in [-0.25, -0.2) is 9.50 Å². The van der Waals surface area contributed by atoms with Crippen LogP contribution in [0.15, 0.2) is 18.5 Å². The molecular weight excluding hydrogens is 290 g/mol. The molecule has 2 aliphatic rings. The second-order valence-corrected chi connectivity index (χ2v) is 6.76. The predicted octanol–water partition coefficient (Wildman–Crippen LogP) is 1.68. The zero-order valence-corrected chi connectivity index (χ0v) is 13.5. The molecule has 1 aliphatic carbocycles. The van der Waals surface area contributed by atoms with E-state index in [1.54, 1.807) is 19.4 Å². The smallest absolute Gasteiger partial charge is 0.256 e. The van der Waals surface area contributed by atoms with Crippen molar-refractivity contribution in [1.29, 1.82) is 0 Å². The van der Waals surface area contributed by atoms with Gasteiger partial charge in [-0.2, -0.15) is 5.10 Å². The number of rotatable bonds is 4. The molecule has 6 nitrogen and oxygen atoms in total. The summed E-state index contributed by atoms with van der Waals surface area (Å²) < 4.78 is 1.85. The number of nitrogens with one attached hydrogen (secondary N) is 1. The maximum absolute atomic E-state index is 11.9. The number of nitrogens with zero attached hydrogens (tertiary/aromatic N) is 4. The minimum Gasteiger partial charge on any atom is -0.355 e. The van der Waals surface area contributed by atoms with Gasteiger partial charge in [-0.3, -0.25) is 4.79 Å². The van der Waals surface area contributed by atoms with Crippen molar-refractivity contribution in [3.8, 4) is 0 Å². The van der Waals surface area contributed by atoms with E-state index < -0.39 is 0 Å². The van der Waals surface area contributed by atoms with Crippen molar-refractivity contribution in [1.82, 2.24) is 24.8 Å². The minimum atomic E-state index is -0.135. The number of carbonyl (C=O) groups is 1. The van der Waals surface area contributed by atoms with Gasteiger partial charge in [0, 0.05) is 31.4 Å². The first kappa shape index (κ1) is 14.6. The van der Waals surface area contributed by atoms with E-state index >= 15 is 0 Å². The molecule has 2 aromatic rings. The van der Waals surface area contributed by atoms with Crippen LogP contribution in [0.3, 0.4) is 0 Å². The number of likely N-dealkylation sites (tertiary alicyclic amines) is 1. The number of carbonyl (C=O) groups excluding carboxylic acids is 1. The highest BCUT2D eigenvalue weighted by Gasteiger charge is 2.28. The Kier molecular flexibility index (Phi) is 3.77.